The van der Waals surface area contributed by atoms with Crippen LogP contribution in [-0.2, 0) is 39.0 Å². The number of carbonyl (C=O) groups excluding carboxylic acids is 1. The second kappa shape index (κ2) is 20.3. The van der Waals surface area contributed by atoms with Crippen LogP contribution in [0.15, 0.2) is 184 Å². The first-order valence-electron chi connectivity index (χ1n) is 17.8. The van der Waals surface area contributed by atoms with E-state index >= 15 is 0 Å². The summed E-state index contributed by atoms with van der Waals surface area (Å²) in [4.78, 5) is 13.6. The Labute approximate surface area is 370 Å². The molecule has 6 N–H and O–H groups in total. The molecular formula is C39H28N8O13S4. The van der Waals surface area contributed by atoms with Gasteiger partial charge in [0.2, 0.25) is 0 Å². The summed E-state index contributed by atoms with van der Waals surface area (Å²) < 4.78 is 74.7. The lowest BCUT2D eigenvalue weighted by molar-refractivity contribution is -0.432. The average molecular weight is 945 g/mol. The molecule has 21 nitrogen and oxygen atoms in total. The van der Waals surface area contributed by atoms with Crippen LogP contribution in [0.5, 0.6) is 0 Å². The zero-order valence-electron chi connectivity index (χ0n) is 32.0. The molecule has 2 amide bonds. The third-order valence-corrected chi connectivity index (χ3v) is 11.6. The molecule has 0 aliphatic heterocycles. The van der Waals surface area contributed by atoms with Crippen LogP contribution < -0.4 is 10.6 Å². The summed E-state index contributed by atoms with van der Waals surface area (Å²) in [6, 6.07) is 32.7. The highest BCUT2D eigenvalue weighted by atomic mass is 32.2. The summed E-state index contributed by atoms with van der Waals surface area (Å²) in [6.07, 6.45) is 0. The molecule has 0 aliphatic rings. The first-order valence-corrected chi connectivity index (χ1v) is 22.2. The Morgan fingerprint density at radius 1 is 0.469 bits per heavy atom. The van der Waals surface area contributed by atoms with Gasteiger partial charge in [-0.2, -0.15) is 32.2 Å². The van der Waals surface area contributed by atoms with Gasteiger partial charge in [0.25, 0.3) is 20.2 Å². The number of fused-ring (bicyclic) bond motifs is 2. The van der Waals surface area contributed by atoms with Crippen LogP contribution in [0.4, 0.5) is 50.3 Å². The number of rotatable bonds is 16. The molecular weight excluding hydrogens is 917 g/mol. The van der Waals surface area contributed by atoms with E-state index in [1.165, 1.54) is 30.3 Å². The van der Waals surface area contributed by atoms with Gasteiger partial charge < -0.3 is 10.6 Å². The van der Waals surface area contributed by atoms with Crippen LogP contribution in [0, 0.1) is 0 Å². The van der Waals surface area contributed by atoms with Gasteiger partial charge in [-0.1, -0.05) is 22.2 Å². The molecule has 64 heavy (non-hydrogen) atoms. The number of hydrogen-bond acceptors (Lipinski definition) is 19. The smallest absolute Gasteiger partial charge is 0.308 e. The monoisotopic (exact) mass is 944 g/mol. The van der Waals surface area contributed by atoms with Gasteiger partial charge >= 0.3 is 6.03 Å². The minimum Gasteiger partial charge on any atom is -0.308 e. The number of nitrogens with one attached hydrogen (secondary N) is 2. The third kappa shape index (κ3) is 11.7. The number of amides is 2. The Balaban J connectivity index is 1.06. The van der Waals surface area contributed by atoms with Crippen molar-refractivity contribution in [3.8, 4) is 0 Å². The van der Waals surface area contributed by atoms with E-state index in [4.69, 9.17) is 10.5 Å². The Morgan fingerprint density at radius 3 is 1.48 bits per heavy atom. The SMILES string of the molecule is O=C(Nc1ccc(N=Nc2ccc(N=Nc3ccc(SOOO)cc3)c3cc(SOOO)ccc23)cc1)Nc1ccc(N=Nc2ccc(S(=O)(=O)O)cc2)c2cc(S(=O)(=O)O)ccc12. The number of carbonyl (C=O) groups is 1. The molecule has 0 unspecified atom stereocenters. The maximum absolute atomic E-state index is 13.2. The van der Waals surface area contributed by atoms with Crippen molar-refractivity contribution in [1.82, 2.24) is 0 Å². The minimum absolute atomic E-state index is 0.150. The number of anilines is 2. The van der Waals surface area contributed by atoms with E-state index in [0.29, 0.717) is 54.4 Å². The highest BCUT2D eigenvalue weighted by molar-refractivity contribution is 7.94. The molecule has 7 aromatic rings. The fourth-order valence-electron chi connectivity index (χ4n) is 5.78. The van der Waals surface area contributed by atoms with Crippen LogP contribution in [-0.4, -0.2) is 42.5 Å². The van der Waals surface area contributed by atoms with E-state index in [9.17, 15) is 30.7 Å². The Hall–Kier alpha value is -6.59. The van der Waals surface area contributed by atoms with Crippen LogP contribution in [0.1, 0.15) is 0 Å². The molecule has 0 saturated carbocycles. The highest BCUT2D eigenvalue weighted by Gasteiger charge is 2.16. The summed E-state index contributed by atoms with van der Waals surface area (Å²) in [6.45, 7) is 0. The zero-order chi connectivity index (χ0) is 45.3. The van der Waals surface area contributed by atoms with Gasteiger partial charge in [-0.3, -0.25) is 9.11 Å². The Bertz CT molecular complexity index is 3160. The van der Waals surface area contributed by atoms with Crippen molar-refractivity contribution < 1.29 is 60.0 Å². The van der Waals surface area contributed by atoms with Crippen LogP contribution in [0.2, 0.25) is 0 Å². The molecule has 326 valence electrons. The van der Waals surface area contributed by atoms with Crippen molar-refractivity contribution in [2.45, 2.75) is 19.6 Å². The molecule has 0 saturated heterocycles. The average Bonchev–Trinajstić information content (AvgIpc) is 3.28. The number of benzene rings is 7. The van der Waals surface area contributed by atoms with Crippen molar-refractivity contribution in [3.63, 3.8) is 0 Å². The molecule has 7 rings (SSSR count). The minimum atomic E-state index is -4.63. The molecule has 25 heteroatoms. The maximum atomic E-state index is 13.2. The van der Waals surface area contributed by atoms with Crippen LogP contribution in [0.25, 0.3) is 21.5 Å². The first kappa shape index (κ1) is 45.4. The normalized spacial score (nSPS) is 12.2. The molecule has 0 aromatic heterocycles. The summed E-state index contributed by atoms with van der Waals surface area (Å²) in [7, 11) is -9.05. The van der Waals surface area contributed by atoms with E-state index < -0.39 is 31.2 Å². The van der Waals surface area contributed by atoms with E-state index in [0.717, 1.165) is 48.4 Å². The van der Waals surface area contributed by atoms with Crippen LogP contribution in [0.3, 0.4) is 0 Å². The lowest BCUT2D eigenvalue weighted by Crippen LogP contribution is -2.19. The number of azo groups is 3. The first-order chi connectivity index (χ1) is 30.8. The van der Waals surface area contributed by atoms with E-state index in [-0.39, 0.29) is 27.3 Å². The molecule has 0 fully saturated rings. The summed E-state index contributed by atoms with van der Waals surface area (Å²) >= 11 is 1.56. The van der Waals surface area contributed by atoms with Crippen molar-refractivity contribution in [2.75, 3.05) is 10.6 Å². The number of nitrogens with zero attached hydrogens (tertiary/aromatic N) is 6. The molecule has 0 atom stereocenters. The number of hydrogen-bond donors (Lipinski definition) is 6. The summed E-state index contributed by atoms with van der Waals surface area (Å²) in [5, 5.41) is 57.4. The largest absolute Gasteiger partial charge is 0.323 e. The van der Waals surface area contributed by atoms with Crippen LogP contribution >= 0.6 is 24.1 Å². The van der Waals surface area contributed by atoms with Crippen molar-refractivity contribution in [2.24, 2.45) is 30.7 Å². The Kier molecular flexibility index (Phi) is 14.4. The zero-order valence-corrected chi connectivity index (χ0v) is 35.2. The van der Waals surface area contributed by atoms with Gasteiger partial charge in [-0.25, -0.2) is 15.3 Å². The second-order valence-corrected chi connectivity index (χ2v) is 17.2. The lowest BCUT2D eigenvalue weighted by Gasteiger charge is -2.12. The molecule has 0 spiro atoms. The van der Waals surface area contributed by atoms with E-state index in [1.807, 2.05) is 0 Å². The van der Waals surface area contributed by atoms with Gasteiger partial charge in [0, 0.05) is 37.0 Å². The van der Waals surface area contributed by atoms with Gasteiger partial charge in [-0.15, -0.1) is 24.0 Å². The predicted molar refractivity (Wildman–Crippen MR) is 233 cm³/mol. The fraction of sp³-hybridized carbons (Fsp3) is 0. The summed E-state index contributed by atoms with van der Waals surface area (Å²) in [5.74, 6) is 0. The van der Waals surface area contributed by atoms with E-state index in [2.05, 4.69) is 60.1 Å². The fourth-order valence-corrected chi connectivity index (χ4v) is 7.53. The molecule has 7 aromatic carbocycles. The van der Waals surface area contributed by atoms with E-state index in [1.54, 1.807) is 78.9 Å². The molecule has 0 radical (unpaired) electrons. The third-order valence-electron chi connectivity index (χ3n) is 8.69. The molecule has 0 heterocycles. The number of urea groups is 1. The van der Waals surface area contributed by atoms with Gasteiger partial charge in [-0.05, 0) is 121 Å². The lowest BCUT2D eigenvalue weighted by atomic mass is 10.1. The molecule has 0 aliphatic carbocycles. The Morgan fingerprint density at radius 2 is 0.922 bits per heavy atom. The maximum Gasteiger partial charge on any atom is 0.323 e. The summed E-state index contributed by atoms with van der Waals surface area (Å²) in [5.41, 5.74) is 2.94. The van der Waals surface area contributed by atoms with Crippen molar-refractivity contribution in [3.05, 3.63) is 133 Å². The quantitative estimate of drug-likeness (QED) is 0.0172. The van der Waals surface area contributed by atoms with Gasteiger partial charge in [0.1, 0.15) is 0 Å². The second-order valence-electron chi connectivity index (χ2n) is 12.8. The topological polar surface area (TPSA) is 301 Å². The van der Waals surface area contributed by atoms with Crippen molar-refractivity contribution >= 4 is 117 Å². The predicted octanol–water partition coefficient (Wildman–Crippen LogP) is 12.2. The van der Waals surface area contributed by atoms with Gasteiger partial charge in [0.15, 0.2) is 0 Å². The highest BCUT2D eigenvalue weighted by Crippen LogP contribution is 2.39. The standard InChI is InChI=1S/C39H28N8O13S4/c48-39(41-35-17-18-38(34-22-30(64(54,55)56)14-16-31(34)35)47-44-26-7-12-29(13-8-26)63(51,52)53)40-23-1-3-24(4-2-23)42-45-36-19-20-37(33-21-28(62-60-58-50)11-15-32(33)36)46-43-25-5-9-27(10-6-25)61-59-57-49/h1-22,49-50H,(H2,40,41,48)(H,51,52,53)(H,54,55,56). The van der Waals surface area contributed by atoms with Gasteiger partial charge in [0.05, 0.1) is 73.7 Å². The van der Waals surface area contributed by atoms with Crippen molar-refractivity contribution in [1.29, 1.82) is 0 Å². The molecule has 0 bridgehead atoms.